The van der Waals surface area contributed by atoms with Gasteiger partial charge in [0.1, 0.15) is 5.56 Å². The number of aryl methyl sites for hydroxylation is 1. The summed E-state index contributed by atoms with van der Waals surface area (Å²) in [6.07, 6.45) is 1.48. The van der Waals surface area contributed by atoms with E-state index in [0.717, 1.165) is 0 Å². The van der Waals surface area contributed by atoms with Crippen LogP contribution in [0.5, 0.6) is 0 Å². The Hall–Kier alpha value is -1.81. The molecule has 0 saturated carbocycles. The highest BCUT2D eigenvalue weighted by molar-refractivity contribution is 6.31. The molecule has 0 radical (unpaired) electrons. The summed E-state index contributed by atoms with van der Waals surface area (Å²) in [7, 11) is 0. The van der Waals surface area contributed by atoms with Crippen molar-refractivity contribution < 1.29 is 4.79 Å². The molecule has 0 fully saturated rings. The molecule has 88 valence electrons. The number of fused-ring (bicyclic) bond motifs is 1. The SMILES string of the molecule is CCn1cc(C(N)=O)c(=O)c2ccc(Cl)cc21. The van der Waals surface area contributed by atoms with Crippen molar-refractivity contribution in [2.45, 2.75) is 13.5 Å². The van der Waals surface area contributed by atoms with Crippen molar-refractivity contribution in [1.29, 1.82) is 0 Å². The number of pyridine rings is 1. The quantitative estimate of drug-likeness (QED) is 0.883. The van der Waals surface area contributed by atoms with Crippen LogP contribution in [-0.4, -0.2) is 10.5 Å². The molecule has 1 aromatic carbocycles. The molecule has 1 heterocycles. The predicted octanol–water partition coefficient (Wildman–Crippen LogP) is 1.77. The molecular formula is C12H11ClN2O2. The number of amides is 1. The van der Waals surface area contributed by atoms with Gasteiger partial charge in [0.15, 0.2) is 0 Å². The maximum Gasteiger partial charge on any atom is 0.254 e. The van der Waals surface area contributed by atoms with E-state index in [9.17, 15) is 9.59 Å². The minimum Gasteiger partial charge on any atom is -0.365 e. The van der Waals surface area contributed by atoms with Gasteiger partial charge in [-0.1, -0.05) is 11.6 Å². The maximum atomic E-state index is 12.0. The lowest BCUT2D eigenvalue weighted by Crippen LogP contribution is -2.24. The average molecular weight is 251 g/mol. The highest BCUT2D eigenvalue weighted by Crippen LogP contribution is 2.17. The van der Waals surface area contributed by atoms with Gasteiger partial charge in [-0.2, -0.15) is 0 Å². The van der Waals surface area contributed by atoms with Crippen LogP contribution in [0.4, 0.5) is 0 Å². The summed E-state index contributed by atoms with van der Waals surface area (Å²) in [4.78, 5) is 23.2. The van der Waals surface area contributed by atoms with Gasteiger partial charge >= 0.3 is 0 Å². The second-order valence-electron chi connectivity index (χ2n) is 3.68. The molecule has 4 nitrogen and oxygen atoms in total. The first-order chi connectivity index (χ1) is 8.04. The van der Waals surface area contributed by atoms with Gasteiger partial charge in [-0.3, -0.25) is 9.59 Å². The number of carbonyl (C=O) groups excluding carboxylic acids is 1. The zero-order valence-electron chi connectivity index (χ0n) is 9.24. The van der Waals surface area contributed by atoms with E-state index in [0.29, 0.717) is 22.5 Å². The maximum absolute atomic E-state index is 12.0. The molecule has 0 unspecified atom stereocenters. The molecule has 0 spiro atoms. The van der Waals surface area contributed by atoms with Gasteiger partial charge in [-0.05, 0) is 25.1 Å². The number of rotatable bonds is 2. The van der Waals surface area contributed by atoms with Gasteiger partial charge in [0.25, 0.3) is 5.91 Å². The van der Waals surface area contributed by atoms with E-state index in [1.54, 1.807) is 22.8 Å². The van der Waals surface area contributed by atoms with Crippen molar-refractivity contribution in [2.75, 3.05) is 0 Å². The van der Waals surface area contributed by atoms with Crippen LogP contribution in [0.1, 0.15) is 17.3 Å². The minimum absolute atomic E-state index is 0.00155. The van der Waals surface area contributed by atoms with Crippen LogP contribution in [0.25, 0.3) is 10.9 Å². The summed E-state index contributed by atoms with van der Waals surface area (Å²) in [5.74, 6) is -0.714. The molecule has 2 N–H and O–H groups in total. The molecule has 0 bridgehead atoms. The number of carbonyl (C=O) groups is 1. The van der Waals surface area contributed by atoms with Crippen LogP contribution in [0, 0.1) is 0 Å². The third kappa shape index (κ3) is 1.91. The number of benzene rings is 1. The summed E-state index contributed by atoms with van der Waals surface area (Å²) in [5, 5.41) is 0.999. The smallest absolute Gasteiger partial charge is 0.254 e. The van der Waals surface area contributed by atoms with Crippen molar-refractivity contribution in [3.8, 4) is 0 Å². The molecule has 0 aliphatic rings. The zero-order chi connectivity index (χ0) is 12.6. The molecule has 2 aromatic rings. The van der Waals surface area contributed by atoms with E-state index < -0.39 is 5.91 Å². The fourth-order valence-electron chi connectivity index (χ4n) is 1.80. The summed E-state index contributed by atoms with van der Waals surface area (Å²) in [6, 6.07) is 4.93. The Bertz CT molecular complexity index is 661. The van der Waals surface area contributed by atoms with Crippen molar-refractivity contribution in [1.82, 2.24) is 4.57 Å². The molecular weight excluding hydrogens is 240 g/mol. The molecule has 5 heteroatoms. The van der Waals surface area contributed by atoms with Crippen LogP contribution < -0.4 is 11.2 Å². The Labute approximate surface area is 103 Å². The molecule has 17 heavy (non-hydrogen) atoms. The van der Waals surface area contributed by atoms with Crippen LogP contribution in [0.2, 0.25) is 5.02 Å². The number of primary amides is 1. The van der Waals surface area contributed by atoms with E-state index in [-0.39, 0.29) is 11.0 Å². The van der Waals surface area contributed by atoms with E-state index in [1.807, 2.05) is 6.92 Å². The lowest BCUT2D eigenvalue weighted by molar-refractivity contribution is 0.0999. The lowest BCUT2D eigenvalue weighted by Gasteiger charge is -2.10. The Morgan fingerprint density at radius 3 is 2.76 bits per heavy atom. The fraction of sp³-hybridized carbons (Fsp3) is 0.167. The highest BCUT2D eigenvalue weighted by atomic mass is 35.5. The van der Waals surface area contributed by atoms with Gasteiger partial charge in [0, 0.05) is 23.2 Å². The first-order valence-corrected chi connectivity index (χ1v) is 5.55. The fourth-order valence-corrected chi connectivity index (χ4v) is 1.97. The summed E-state index contributed by atoms with van der Waals surface area (Å²) >= 11 is 5.90. The van der Waals surface area contributed by atoms with Gasteiger partial charge < -0.3 is 10.3 Å². The van der Waals surface area contributed by atoms with Gasteiger partial charge in [0.2, 0.25) is 5.43 Å². The number of aromatic nitrogens is 1. The Balaban J connectivity index is 2.95. The molecule has 2 rings (SSSR count). The summed E-state index contributed by atoms with van der Waals surface area (Å²) < 4.78 is 1.78. The van der Waals surface area contributed by atoms with E-state index in [1.165, 1.54) is 6.20 Å². The van der Waals surface area contributed by atoms with Crippen molar-refractivity contribution >= 4 is 28.4 Å². The number of nitrogens with two attached hydrogens (primary N) is 1. The third-order valence-electron chi connectivity index (χ3n) is 2.65. The third-order valence-corrected chi connectivity index (χ3v) is 2.88. The van der Waals surface area contributed by atoms with E-state index >= 15 is 0 Å². The molecule has 1 aromatic heterocycles. The highest BCUT2D eigenvalue weighted by Gasteiger charge is 2.12. The van der Waals surface area contributed by atoms with Crippen LogP contribution in [0.3, 0.4) is 0 Å². The summed E-state index contributed by atoms with van der Waals surface area (Å²) in [5.41, 5.74) is 5.53. The Kier molecular flexibility index (Phi) is 2.90. The normalized spacial score (nSPS) is 10.7. The van der Waals surface area contributed by atoms with Crippen LogP contribution in [-0.2, 0) is 6.54 Å². The summed E-state index contributed by atoms with van der Waals surface area (Å²) in [6.45, 7) is 2.53. The average Bonchev–Trinajstić information content (AvgIpc) is 2.29. The molecule has 1 amide bonds. The standard InChI is InChI=1S/C12H11ClN2O2/c1-2-15-6-9(12(14)17)11(16)8-4-3-7(13)5-10(8)15/h3-6H,2H2,1H3,(H2,14,17). The molecule has 0 saturated heterocycles. The topological polar surface area (TPSA) is 65.1 Å². The van der Waals surface area contributed by atoms with Gasteiger partial charge in [-0.15, -0.1) is 0 Å². The lowest BCUT2D eigenvalue weighted by atomic mass is 10.1. The first kappa shape index (κ1) is 11.7. The zero-order valence-corrected chi connectivity index (χ0v) is 9.99. The van der Waals surface area contributed by atoms with Crippen molar-refractivity contribution in [3.05, 3.63) is 45.2 Å². The molecule has 0 aliphatic heterocycles. The second-order valence-corrected chi connectivity index (χ2v) is 4.12. The largest absolute Gasteiger partial charge is 0.365 e. The van der Waals surface area contributed by atoms with Crippen molar-refractivity contribution in [2.24, 2.45) is 5.73 Å². The van der Waals surface area contributed by atoms with Crippen LogP contribution >= 0.6 is 11.6 Å². The van der Waals surface area contributed by atoms with Gasteiger partial charge in [0.05, 0.1) is 5.52 Å². The monoisotopic (exact) mass is 250 g/mol. The second kappa shape index (κ2) is 4.22. The Morgan fingerprint density at radius 1 is 1.47 bits per heavy atom. The first-order valence-electron chi connectivity index (χ1n) is 5.17. The van der Waals surface area contributed by atoms with E-state index in [4.69, 9.17) is 17.3 Å². The number of halogens is 1. The number of nitrogens with zero attached hydrogens (tertiary/aromatic N) is 1. The Morgan fingerprint density at radius 2 is 2.18 bits per heavy atom. The number of hydrogen-bond donors (Lipinski definition) is 1. The number of hydrogen-bond acceptors (Lipinski definition) is 2. The van der Waals surface area contributed by atoms with Crippen molar-refractivity contribution in [3.63, 3.8) is 0 Å². The molecule has 0 aliphatic carbocycles. The van der Waals surface area contributed by atoms with Gasteiger partial charge in [-0.25, -0.2) is 0 Å². The van der Waals surface area contributed by atoms with E-state index in [2.05, 4.69) is 0 Å². The predicted molar refractivity (Wildman–Crippen MR) is 67.4 cm³/mol. The molecule has 0 atom stereocenters. The minimum atomic E-state index is -0.714. The van der Waals surface area contributed by atoms with Crippen LogP contribution in [0.15, 0.2) is 29.2 Å².